The van der Waals surface area contributed by atoms with Gasteiger partial charge in [0.2, 0.25) is 0 Å². The molecule has 3 aromatic rings. The van der Waals surface area contributed by atoms with Gasteiger partial charge < -0.3 is 14.0 Å². The normalized spacial score (nSPS) is 16.7. The topological polar surface area (TPSA) is 60.8 Å². The number of aromatic nitrogens is 1. The fourth-order valence-electron chi connectivity index (χ4n) is 4.27. The van der Waals surface area contributed by atoms with E-state index < -0.39 is 0 Å². The smallest absolute Gasteiger partial charge is 0.293 e. The van der Waals surface area contributed by atoms with Crippen LogP contribution in [0.1, 0.15) is 28.1 Å². The number of fused-ring (bicyclic) bond motifs is 1. The monoisotopic (exact) mass is 460 g/mol. The van der Waals surface area contributed by atoms with Crippen molar-refractivity contribution in [2.75, 3.05) is 13.2 Å². The first-order valence-corrected chi connectivity index (χ1v) is 11.6. The van der Waals surface area contributed by atoms with Gasteiger partial charge in [-0.25, -0.2) is 0 Å². The molecule has 33 heavy (non-hydrogen) atoms. The van der Waals surface area contributed by atoms with Gasteiger partial charge in [0.1, 0.15) is 13.2 Å². The van der Waals surface area contributed by atoms with Crippen LogP contribution in [0.5, 0.6) is 11.5 Å². The maximum absolute atomic E-state index is 13.0. The molecule has 0 radical (unpaired) electrons. The molecular weight excluding hydrogens is 436 g/mol. The van der Waals surface area contributed by atoms with E-state index in [-0.39, 0.29) is 17.7 Å². The van der Waals surface area contributed by atoms with Crippen LogP contribution in [0.3, 0.4) is 0 Å². The summed E-state index contributed by atoms with van der Waals surface area (Å²) in [5.41, 5.74) is 5.91. The number of benzene rings is 2. The summed E-state index contributed by atoms with van der Waals surface area (Å²) in [6.45, 7) is 7.38. The standard InChI is InChI=1S/C26H24N2O4S/c1-16-5-4-6-19(11-16)15-27-25(29)24(33-26(27)30)13-20-12-17(2)28(18(20)3)21-7-8-22-23(14-21)32-10-9-31-22/h4-8,11-14H,9-10,15H2,1-3H3/b24-13-. The van der Waals surface area contributed by atoms with Gasteiger partial charge in [0, 0.05) is 23.1 Å². The molecule has 2 aliphatic rings. The van der Waals surface area contributed by atoms with Gasteiger partial charge in [0.25, 0.3) is 11.1 Å². The second-order valence-electron chi connectivity index (χ2n) is 8.25. The highest BCUT2D eigenvalue weighted by molar-refractivity contribution is 8.18. The molecule has 2 aromatic carbocycles. The van der Waals surface area contributed by atoms with Gasteiger partial charge in [-0.3, -0.25) is 14.5 Å². The summed E-state index contributed by atoms with van der Waals surface area (Å²) in [6, 6.07) is 15.8. The Morgan fingerprint density at radius 3 is 2.55 bits per heavy atom. The molecule has 0 saturated carbocycles. The first-order valence-electron chi connectivity index (χ1n) is 10.8. The molecular formula is C26H24N2O4S. The van der Waals surface area contributed by atoms with Crippen LogP contribution in [0.2, 0.25) is 0 Å². The van der Waals surface area contributed by atoms with Gasteiger partial charge in [-0.1, -0.05) is 29.8 Å². The molecule has 6 nitrogen and oxygen atoms in total. The fraction of sp³-hybridized carbons (Fsp3) is 0.231. The lowest BCUT2D eigenvalue weighted by atomic mass is 10.1. The molecule has 0 aliphatic carbocycles. The number of imide groups is 1. The molecule has 5 rings (SSSR count). The number of hydrogen-bond acceptors (Lipinski definition) is 5. The highest BCUT2D eigenvalue weighted by Gasteiger charge is 2.35. The Balaban J connectivity index is 1.43. The molecule has 0 N–H and O–H groups in total. The van der Waals surface area contributed by atoms with E-state index in [1.165, 1.54) is 4.90 Å². The number of ether oxygens (including phenoxy) is 2. The third kappa shape index (κ3) is 4.04. The van der Waals surface area contributed by atoms with E-state index in [2.05, 4.69) is 4.57 Å². The molecule has 1 saturated heterocycles. The third-order valence-electron chi connectivity index (χ3n) is 5.84. The van der Waals surface area contributed by atoms with E-state index in [1.54, 1.807) is 0 Å². The zero-order valence-corrected chi connectivity index (χ0v) is 19.6. The van der Waals surface area contributed by atoms with Crippen molar-refractivity contribution in [2.45, 2.75) is 27.3 Å². The van der Waals surface area contributed by atoms with Crippen molar-refractivity contribution >= 4 is 29.0 Å². The fourth-order valence-corrected chi connectivity index (χ4v) is 5.10. The summed E-state index contributed by atoms with van der Waals surface area (Å²) in [5.74, 6) is 1.22. The van der Waals surface area contributed by atoms with Crippen molar-refractivity contribution in [3.8, 4) is 17.2 Å². The third-order valence-corrected chi connectivity index (χ3v) is 6.74. The first-order chi connectivity index (χ1) is 15.9. The quantitative estimate of drug-likeness (QED) is 0.487. The van der Waals surface area contributed by atoms with Crippen molar-refractivity contribution in [2.24, 2.45) is 0 Å². The lowest BCUT2D eigenvalue weighted by molar-refractivity contribution is -0.123. The molecule has 0 atom stereocenters. The van der Waals surface area contributed by atoms with Gasteiger partial charge >= 0.3 is 0 Å². The molecule has 7 heteroatoms. The zero-order chi connectivity index (χ0) is 23.1. The molecule has 0 bridgehead atoms. The summed E-state index contributed by atoms with van der Waals surface area (Å²) in [7, 11) is 0. The molecule has 0 spiro atoms. The van der Waals surface area contributed by atoms with Crippen LogP contribution < -0.4 is 9.47 Å². The van der Waals surface area contributed by atoms with E-state index in [9.17, 15) is 9.59 Å². The highest BCUT2D eigenvalue weighted by Crippen LogP contribution is 2.36. The van der Waals surface area contributed by atoms with Crippen LogP contribution in [0, 0.1) is 20.8 Å². The molecule has 1 aromatic heterocycles. The number of amides is 2. The Kier molecular flexibility index (Phi) is 5.50. The number of hydrogen-bond donors (Lipinski definition) is 0. The summed E-state index contributed by atoms with van der Waals surface area (Å²) >= 11 is 0.991. The predicted octanol–water partition coefficient (Wildman–Crippen LogP) is 5.41. The average Bonchev–Trinajstić information content (AvgIpc) is 3.22. The van der Waals surface area contributed by atoms with E-state index in [4.69, 9.17) is 9.47 Å². The van der Waals surface area contributed by atoms with Gasteiger partial charge in [0.15, 0.2) is 11.5 Å². The minimum absolute atomic E-state index is 0.242. The highest BCUT2D eigenvalue weighted by atomic mass is 32.2. The Morgan fingerprint density at radius 1 is 0.970 bits per heavy atom. The largest absolute Gasteiger partial charge is 0.486 e. The number of aryl methyl sites for hydroxylation is 2. The van der Waals surface area contributed by atoms with Crippen molar-refractivity contribution < 1.29 is 19.1 Å². The van der Waals surface area contributed by atoms with E-state index >= 15 is 0 Å². The number of carbonyl (C=O) groups excluding carboxylic acids is 2. The first kappa shape index (κ1) is 21.4. The van der Waals surface area contributed by atoms with Gasteiger partial charge in [-0.15, -0.1) is 0 Å². The van der Waals surface area contributed by atoms with Gasteiger partial charge in [-0.05, 0) is 67.9 Å². The summed E-state index contributed by atoms with van der Waals surface area (Å²) < 4.78 is 13.5. The second-order valence-corrected chi connectivity index (χ2v) is 9.24. The molecule has 2 amide bonds. The van der Waals surface area contributed by atoms with E-state index in [0.29, 0.717) is 18.1 Å². The molecule has 3 heterocycles. The lowest BCUT2D eigenvalue weighted by Crippen LogP contribution is -2.27. The Morgan fingerprint density at radius 2 is 1.76 bits per heavy atom. The summed E-state index contributed by atoms with van der Waals surface area (Å²) in [5, 5.41) is -0.242. The summed E-state index contributed by atoms with van der Waals surface area (Å²) in [6.07, 6.45) is 1.82. The SMILES string of the molecule is Cc1cccc(CN2C(=O)S/C(=C\c3cc(C)n(-c4ccc5c(c4)OCCO5)c3C)C2=O)c1. The van der Waals surface area contributed by atoms with Gasteiger partial charge in [0.05, 0.1) is 11.4 Å². The zero-order valence-electron chi connectivity index (χ0n) is 18.8. The number of thioether (sulfide) groups is 1. The predicted molar refractivity (Wildman–Crippen MR) is 129 cm³/mol. The Bertz CT molecular complexity index is 1310. The Hall–Kier alpha value is -3.45. The molecule has 2 aliphatic heterocycles. The van der Waals surface area contributed by atoms with E-state index in [0.717, 1.165) is 57.0 Å². The molecule has 0 unspecified atom stereocenters. The average molecular weight is 461 g/mol. The number of nitrogens with zero attached hydrogens (tertiary/aromatic N) is 2. The van der Waals surface area contributed by atoms with Crippen LogP contribution >= 0.6 is 11.8 Å². The van der Waals surface area contributed by atoms with Crippen molar-refractivity contribution in [1.82, 2.24) is 9.47 Å². The molecule has 1 fully saturated rings. The number of rotatable bonds is 4. The maximum atomic E-state index is 13.0. The van der Waals surface area contributed by atoms with Crippen LogP contribution in [0.4, 0.5) is 4.79 Å². The minimum atomic E-state index is -0.254. The van der Waals surface area contributed by atoms with Crippen LogP contribution in [0.15, 0.2) is 53.4 Å². The Labute approximate surface area is 196 Å². The van der Waals surface area contributed by atoms with E-state index in [1.807, 2.05) is 75.4 Å². The maximum Gasteiger partial charge on any atom is 0.293 e. The van der Waals surface area contributed by atoms with Crippen molar-refractivity contribution in [3.05, 3.63) is 81.5 Å². The van der Waals surface area contributed by atoms with Crippen LogP contribution in [-0.2, 0) is 11.3 Å². The second kappa shape index (κ2) is 8.48. The summed E-state index contributed by atoms with van der Waals surface area (Å²) in [4.78, 5) is 27.4. The van der Waals surface area contributed by atoms with Crippen LogP contribution in [-0.4, -0.2) is 33.8 Å². The van der Waals surface area contributed by atoms with Crippen LogP contribution in [0.25, 0.3) is 11.8 Å². The number of carbonyl (C=O) groups is 2. The lowest BCUT2D eigenvalue weighted by Gasteiger charge is -2.20. The van der Waals surface area contributed by atoms with Crippen molar-refractivity contribution in [1.29, 1.82) is 0 Å². The molecule has 168 valence electrons. The van der Waals surface area contributed by atoms with Gasteiger partial charge in [-0.2, -0.15) is 0 Å². The van der Waals surface area contributed by atoms with Crippen molar-refractivity contribution in [3.63, 3.8) is 0 Å². The minimum Gasteiger partial charge on any atom is -0.486 e.